The fourth-order valence-electron chi connectivity index (χ4n) is 3.57. The summed E-state index contributed by atoms with van der Waals surface area (Å²) < 4.78 is 6.36. The number of amides is 1. The van der Waals surface area contributed by atoms with Crippen LogP contribution in [0.4, 0.5) is 5.13 Å². The van der Waals surface area contributed by atoms with Crippen molar-refractivity contribution in [3.05, 3.63) is 47.5 Å². The van der Waals surface area contributed by atoms with Crippen LogP contribution in [0.15, 0.2) is 41.3 Å². The number of ether oxygens (including phenoxy) is 1. The van der Waals surface area contributed by atoms with Crippen LogP contribution in [0.1, 0.15) is 30.4 Å². The Balaban J connectivity index is 1.64. The van der Waals surface area contributed by atoms with Crippen LogP contribution >= 0.6 is 23.1 Å². The van der Waals surface area contributed by atoms with E-state index in [0.717, 1.165) is 46.2 Å². The molecule has 0 radical (unpaired) electrons. The molecule has 0 bridgehead atoms. The summed E-state index contributed by atoms with van der Waals surface area (Å²) in [5.41, 5.74) is 3.40. The average Bonchev–Trinajstić information content (AvgIpc) is 3.18. The van der Waals surface area contributed by atoms with Crippen molar-refractivity contribution in [1.82, 2.24) is 9.88 Å². The van der Waals surface area contributed by atoms with Crippen molar-refractivity contribution in [3.8, 4) is 5.75 Å². The number of anilines is 1. The van der Waals surface area contributed by atoms with Crippen LogP contribution in [0.3, 0.4) is 0 Å². The van der Waals surface area contributed by atoms with E-state index in [1.807, 2.05) is 17.0 Å². The Morgan fingerprint density at radius 2 is 1.84 bits per heavy atom. The molecule has 5 nitrogen and oxygen atoms in total. The Kier molecular flexibility index (Phi) is 8.96. The predicted octanol–water partition coefficient (Wildman–Crippen LogP) is 5.78. The van der Waals surface area contributed by atoms with Gasteiger partial charge in [-0.1, -0.05) is 17.4 Å². The standard InChI is InChI=1S/C25H33N3O2S2/c1-18-16-19(2)24-22(17-18)32-25(26-24)28(14-7-13-27(3)4)23(29)8-6-15-31-21-11-9-20(30-5)10-12-21/h9-12,16-17H,6-8,13-15H2,1-5H3. The summed E-state index contributed by atoms with van der Waals surface area (Å²) in [6, 6.07) is 12.4. The van der Waals surface area contributed by atoms with E-state index in [1.54, 1.807) is 30.2 Å². The van der Waals surface area contributed by atoms with Gasteiger partial charge in [-0.05, 0) is 94.5 Å². The first-order chi connectivity index (χ1) is 15.4. The molecule has 2 aromatic carbocycles. The molecule has 0 fully saturated rings. The third-order valence-corrected chi connectivity index (χ3v) is 7.32. The number of carbonyl (C=O) groups excluding carboxylic acids is 1. The van der Waals surface area contributed by atoms with Gasteiger partial charge in [-0.25, -0.2) is 4.98 Å². The maximum atomic E-state index is 13.2. The number of benzene rings is 2. The molecule has 0 aliphatic rings. The molecular weight excluding hydrogens is 438 g/mol. The molecule has 0 unspecified atom stereocenters. The summed E-state index contributed by atoms with van der Waals surface area (Å²) in [5, 5.41) is 0.820. The zero-order valence-electron chi connectivity index (χ0n) is 19.7. The van der Waals surface area contributed by atoms with E-state index < -0.39 is 0 Å². The summed E-state index contributed by atoms with van der Waals surface area (Å²) in [6.45, 7) is 5.83. The molecule has 0 N–H and O–H groups in total. The lowest BCUT2D eigenvalue weighted by atomic mass is 10.1. The highest BCUT2D eigenvalue weighted by Gasteiger charge is 2.20. The van der Waals surface area contributed by atoms with Crippen LogP contribution in [0, 0.1) is 13.8 Å². The van der Waals surface area contributed by atoms with E-state index in [2.05, 4.69) is 57.1 Å². The van der Waals surface area contributed by atoms with Crippen LogP contribution in [0.5, 0.6) is 5.75 Å². The summed E-state index contributed by atoms with van der Waals surface area (Å²) in [4.78, 5) is 23.3. The zero-order chi connectivity index (χ0) is 23.1. The molecule has 3 rings (SSSR count). The number of thiazole rings is 1. The highest BCUT2D eigenvalue weighted by Crippen LogP contribution is 2.32. The highest BCUT2D eigenvalue weighted by atomic mass is 32.2. The molecule has 0 saturated heterocycles. The zero-order valence-corrected chi connectivity index (χ0v) is 21.3. The first-order valence-electron chi connectivity index (χ1n) is 11.0. The topological polar surface area (TPSA) is 45.7 Å². The highest BCUT2D eigenvalue weighted by molar-refractivity contribution is 7.99. The summed E-state index contributed by atoms with van der Waals surface area (Å²) in [6.07, 6.45) is 2.29. The fourth-order valence-corrected chi connectivity index (χ4v) is 5.60. The maximum Gasteiger partial charge on any atom is 0.228 e. The largest absolute Gasteiger partial charge is 0.497 e. The minimum atomic E-state index is 0.160. The Morgan fingerprint density at radius 3 is 2.53 bits per heavy atom. The number of hydrogen-bond acceptors (Lipinski definition) is 6. The Bertz CT molecular complexity index is 1030. The van der Waals surface area contributed by atoms with Gasteiger partial charge in [0.15, 0.2) is 5.13 Å². The molecule has 0 atom stereocenters. The predicted molar refractivity (Wildman–Crippen MR) is 138 cm³/mol. The van der Waals surface area contributed by atoms with Crippen LogP contribution in [0.2, 0.25) is 0 Å². The van der Waals surface area contributed by atoms with Crippen molar-refractivity contribution >= 4 is 44.4 Å². The molecule has 0 saturated carbocycles. The van der Waals surface area contributed by atoms with Gasteiger partial charge in [-0.2, -0.15) is 0 Å². The first-order valence-corrected chi connectivity index (χ1v) is 12.8. The van der Waals surface area contributed by atoms with Gasteiger partial charge in [0.25, 0.3) is 0 Å². The third-order valence-electron chi connectivity index (χ3n) is 5.20. The monoisotopic (exact) mass is 471 g/mol. The van der Waals surface area contributed by atoms with E-state index in [1.165, 1.54) is 16.0 Å². The van der Waals surface area contributed by atoms with Gasteiger partial charge < -0.3 is 9.64 Å². The van der Waals surface area contributed by atoms with Crippen molar-refractivity contribution in [2.45, 2.75) is 38.0 Å². The number of nitrogens with zero attached hydrogens (tertiary/aromatic N) is 3. The summed E-state index contributed by atoms with van der Waals surface area (Å²) in [7, 11) is 5.80. The second-order valence-corrected chi connectivity index (χ2v) is 10.4. The number of fused-ring (bicyclic) bond motifs is 1. The lowest BCUT2D eigenvalue weighted by Gasteiger charge is -2.21. The first kappa shape index (κ1) is 24.6. The van der Waals surface area contributed by atoms with Gasteiger partial charge in [0.2, 0.25) is 5.91 Å². The number of rotatable bonds is 11. The molecule has 32 heavy (non-hydrogen) atoms. The number of methoxy groups -OCH3 is 1. The van der Waals surface area contributed by atoms with Crippen molar-refractivity contribution < 1.29 is 9.53 Å². The number of carbonyl (C=O) groups is 1. The Labute approximate surface area is 199 Å². The number of aryl methyl sites for hydroxylation is 2. The maximum absolute atomic E-state index is 13.2. The van der Waals surface area contributed by atoms with E-state index in [9.17, 15) is 4.79 Å². The second-order valence-electron chi connectivity index (χ2n) is 8.25. The average molecular weight is 472 g/mol. The molecular formula is C25H33N3O2S2. The van der Waals surface area contributed by atoms with Gasteiger partial charge >= 0.3 is 0 Å². The van der Waals surface area contributed by atoms with Crippen molar-refractivity contribution in [2.24, 2.45) is 0 Å². The van der Waals surface area contributed by atoms with Crippen LogP contribution < -0.4 is 9.64 Å². The van der Waals surface area contributed by atoms with Gasteiger partial charge in [0.1, 0.15) is 5.75 Å². The summed E-state index contributed by atoms with van der Waals surface area (Å²) in [5.74, 6) is 1.92. The molecule has 0 spiro atoms. The molecule has 1 amide bonds. The number of thioether (sulfide) groups is 1. The molecule has 1 heterocycles. The SMILES string of the molecule is COc1ccc(SCCCC(=O)N(CCCN(C)C)c2nc3c(C)cc(C)cc3s2)cc1. The quantitative estimate of drug-likeness (QED) is 0.262. The van der Waals surface area contributed by atoms with Crippen LogP contribution in [0.25, 0.3) is 10.2 Å². The number of hydrogen-bond donors (Lipinski definition) is 0. The fraction of sp³-hybridized carbons (Fsp3) is 0.440. The van der Waals surface area contributed by atoms with Crippen molar-refractivity contribution in [1.29, 1.82) is 0 Å². The van der Waals surface area contributed by atoms with E-state index in [0.29, 0.717) is 13.0 Å². The van der Waals surface area contributed by atoms with Crippen LogP contribution in [-0.4, -0.2) is 55.8 Å². The smallest absolute Gasteiger partial charge is 0.228 e. The van der Waals surface area contributed by atoms with Crippen molar-refractivity contribution in [2.75, 3.05) is 44.9 Å². The van der Waals surface area contributed by atoms with Gasteiger partial charge in [0.05, 0.1) is 17.3 Å². The lowest BCUT2D eigenvalue weighted by molar-refractivity contribution is -0.118. The van der Waals surface area contributed by atoms with E-state index >= 15 is 0 Å². The van der Waals surface area contributed by atoms with E-state index in [-0.39, 0.29) is 5.91 Å². The molecule has 0 aliphatic carbocycles. The molecule has 7 heteroatoms. The molecule has 1 aromatic heterocycles. The summed E-state index contributed by atoms with van der Waals surface area (Å²) >= 11 is 3.40. The lowest BCUT2D eigenvalue weighted by Crippen LogP contribution is -2.33. The van der Waals surface area contributed by atoms with E-state index in [4.69, 9.17) is 9.72 Å². The normalized spacial score (nSPS) is 11.3. The third kappa shape index (κ3) is 6.70. The minimum Gasteiger partial charge on any atom is -0.497 e. The van der Waals surface area contributed by atoms with Gasteiger partial charge in [-0.3, -0.25) is 9.69 Å². The Morgan fingerprint density at radius 1 is 1.09 bits per heavy atom. The van der Waals surface area contributed by atoms with Gasteiger partial charge in [0, 0.05) is 17.9 Å². The molecule has 172 valence electrons. The molecule has 3 aromatic rings. The Hall–Kier alpha value is -2.09. The minimum absolute atomic E-state index is 0.160. The number of aromatic nitrogens is 1. The van der Waals surface area contributed by atoms with Gasteiger partial charge in [-0.15, -0.1) is 11.8 Å². The van der Waals surface area contributed by atoms with Crippen molar-refractivity contribution in [3.63, 3.8) is 0 Å². The second kappa shape index (κ2) is 11.7. The van der Waals surface area contributed by atoms with Crippen LogP contribution in [-0.2, 0) is 4.79 Å². The molecule has 0 aliphatic heterocycles.